The highest BCUT2D eigenvalue weighted by Crippen LogP contribution is 2.25. The van der Waals surface area contributed by atoms with Crippen molar-refractivity contribution in [1.29, 1.82) is 0 Å². The molecule has 1 aromatic heterocycles. The van der Waals surface area contributed by atoms with Gasteiger partial charge in [-0.1, -0.05) is 60.7 Å². The fourth-order valence-electron chi connectivity index (χ4n) is 2.82. The number of nitrogens with zero attached hydrogens (tertiary/aromatic N) is 2. The Morgan fingerprint density at radius 1 is 0.864 bits per heavy atom. The molecule has 3 nitrogen and oxygen atoms in total. The Kier molecular flexibility index (Phi) is 3.88. The lowest BCUT2D eigenvalue weighted by molar-refractivity contribution is 0.608. The molecule has 0 radical (unpaired) electrons. The zero-order valence-electron chi connectivity index (χ0n) is 12.7. The molecule has 0 saturated carbocycles. The summed E-state index contributed by atoms with van der Waals surface area (Å²) in [5.74, 6) is 0.725. The van der Waals surface area contributed by atoms with E-state index in [4.69, 9.17) is 0 Å². The average molecular weight is 290 g/mol. The standard InChI is InChI=1S/C19H18N2O/c1-14-13-18(22)21(15(2)20-14)19(16-9-5-3-6-10-16)17-11-7-4-8-12-17/h3-13,19H,1-2H3. The fourth-order valence-corrected chi connectivity index (χ4v) is 2.82. The SMILES string of the molecule is Cc1cc(=O)n(C(c2ccccc2)c2ccccc2)c(C)n1. The Morgan fingerprint density at radius 3 is 1.82 bits per heavy atom. The first-order valence-electron chi connectivity index (χ1n) is 7.33. The Morgan fingerprint density at radius 2 is 1.36 bits per heavy atom. The molecule has 110 valence electrons. The molecule has 0 amide bonds. The van der Waals surface area contributed by atoms with Crippen molar-refractivity contribution in [2.45, 2.75) is 19.9 Å². The molecule has 0 aliphatic heterocycles. The first-order valence-corrected chi connectivity index (χ1v) is 7.33. The summed E-state index contributed by atoms with van der Waals surface area (Å²) in [7, 11) is 0. The van der Waals surface area contributed by atoms with Crippen molar-refractivity contribution in [1.82, 2.24) is 9.55 Å². The van der Waals surface area contributed by atoms with Gasteiger partial charge in [0.2, 0.25) is 0 Å². The predicted molar refractivity (Wildman–Crippen MR) is 88.1 cm³/mol. The summed E-state index contributed by atoms with van der Waals surface area (Å²) < 4.78 is 1.76. The minimum atomic E-state index is -0.164. The fraction of sp³-hybridized carbons (Fsp3) is 0.158. The number of aromatic nitrogens is 2. The third kappa shape index (κ3) is 2.70. The van der Waals surface area contributed by atoms with E-state index in [2.05, 4.69) is 4.98 Å². The summed E-state index contributed by atoms with van der Waals surface area (Å²) in [6, 6.07) is 21.5. The van der Waals surface area contributed by atoms with Crippen LogP contribution >= 0.6 is 0 Å². The van der Waals surface area contributed by atoms with Gasteiger partial charge in [-0.15, -0.1) is 0 Å². The lowest BCUT2D eigenvalue weighted by Crippen LogP contribution is -2.29. The number of hydrogen-bond donors (Lipinski definition) is 0. The van der Waals surface area contributed by atoms with Gasteiger partial charge in [0.1, 0.15) is 5.82 Å². The molecule has 2 aromatic carbocycles. The molecule has 3 rings (SSSR count). The average Bonchev–Trinajstić information content (AvgIpc) is 2.52. The molecule has 0 aliphatic carbocycles. The van der Waals surface area contributed by atoms with Gasteiger partial charge < -0.3 is 0 Å². The van der Waals surface area contributed by atoms with E-state index in [0.29, 0.717) is 0 Å². The van der Waals surface area contributed by atoms with E-state index in [9.17, 15) is 4.79 Å². The van der Waals surface area contributed by atoms with Gasteiger partial charge in [-0.05, 0) is 25.0 Å². The topological polar surface area (TPSA) is 34.9 Å². The first kappa shape index (κ1) is 14.3. The van der Waals surface area contributed by atoms with Gasteiger partial charge in [0.05, 0.1) is 6.04 Å². The quantitative estimate of drug-likeness (QED) is 0.740. The monoisotopic (exact) mass is 290 g/mol. The van der Waals surface area contributed by atoms with Crippen molar-refractivity contribution in [3.8, 4) is 0 Å². The molecule has 1 heterocycles. The normalized spacial score (nSPS) is 10.9. The first-order chi connectivity index (χ1) is 10.7. The summed E-state index contributed by atoms with van der Waals surface area (Å²) in [6.45, 7) is 3.73. The van der Waals surface area contributed by atoms with E-state index in [0.717, 1.165) is 22.6 Å². The van der Waals surface area contributed by atoms with Crippen LogP contribution in [0.2, 0.25) is 0 Å². The van der Waals surface area contributed by atoms with Crippen LogP contribution in [0.25, 0.3) is 0 Å². The van der Waals surface area contributed by atoms with Gasteiger partial charge in [0, 0.05) is 11.8 Å². The van der Waals surface area contributed by atoms with Crippen molar-refractivity contribution in [2.75, 3.05) is 0 Å². The number of rotatable bonds is 3. The van der Waals surface area contributed by atoms with Gasteiger partial charge in [-0.3, -0.25) is 9.36 Å². The highest BCUT2D eigenvalue weighted by Gasteiger charge is 2.19. The van der Waals surface area contributed by atoms with Gasteiger partial charge in [0.25, 0.3) is 5.56 Å². The maximum atomic E-state index is 12.6. The van der Waals surface area contributed by atoms with Crippen LogP contribution < -0.4 is 5.56 Å². The Hall–Kier alpha value is -2.68. The van der Waals surface area contributed by atoms with Crippen LogP contribution in [-0.2, 0) is 0 Å². The molecule has 0 bridgehead atoms. The molecule has 0 unspecified atom stereocenters. The Labute approximate surface area is 129 Å². The van der Waals surface area contributed by atoms with Crippen molar-refractivity contribution in [3.63, 3.8) is 0 Å². The van der Waals surface area contributed by atoms with Crippen molar-refractivity contribution in [2.24, 2.45) is 0 Å². The van der Waals surface area contributed by atoms with Crippen molar-refractivity contribution < 1.29 is 0 Å². The maximum absolute atomic E-state index is 12.6. The summed E-state index contributed by atoms with van der Waals surface area (Å²) in [6.07, 6.45) is 0. The summed E-state index contributed by atoms with van der Waals surface area (Å²) >= 11 is 0. The summed E-state index contributed by atoms with van der Waals surface area (Å²) in [4.78, 5) is 17.0. The second kappa shape index (κ2) is 5.98. The second-order valence-corrected chi connectivity index (χ2v) is 5.38. The largest absolute Gasteiger partial charge is 0.285 e. The van der Waals surface area contributed by atoms with Crippen molar-refractivity contribution >= 4 is 0 Å². The van der Waals surface area contributed by atoms with Crippen LogP contribution in [0.4, 0.5) is 0 Å². The molecule has 0 aliphatic rings. The number of benzene rings is 2. The van der Waals surface area contributed by atoms with Crippen LogP contribution in [-0.4, -0.2) is 9.55 Å². The Balaban J connectivity index is 2.26. The molecule has 0 N–H and O–H groups in total. The predicted octanol–water partition coefficient (Wildman–Crippen LogP) is 3.50. The molecule has 22 heavy (non-hydrogen) atoms. The van der Waals surface area contributed by atoms with Crippen LogP contribution in [0, 0.1) is 13.8 Å². The van der Waals surface area contributed by atoms with E-state index in [1.54, 1.807) is 10.6 Å². The number of hydrogen-bond acceptors (Lipinski definition) is 2. The van der Waals surface area contributed by atoms with Gasteiger partial charge in [0.15, 0.2) is 0 Å². The molecule has 0 atom stereocenters. The van der Waals surface area contributed by atoms with E-state index in [1.807, 2.05) is 74.5 Å². The molecule has 0 spiro atoms. The van der Waals surface area contributed by atoms with E-state index in [1.165, 1.54) is 0 Å². The van der Waals surface area contributed by atoms with Gasteiger partial charge >= 0.3 is 0 Å². The molecule has 0 fully saturated rings. The third-order valence-corrected chi connectivity index (χ3v) is 3.75. The lowest BCUT2D eigenvalue weighted by atomic mass is 9.98. The third-order valence-electron chi connectivity index (χ3n) is 3.75. The van der Waals surface area contributed by atoms with Crippen LogP contribution in [0.1, 0.15) is 28.7 Å². The summed E-state index contributed by atoms with van der Waals surface area (Å²) in [5, 5.41) is 0. The van der Waals surface area contributed by atoms with E-state index in [-0.39, 0.29) is 11.6 Å². The Bertz CT molecular complexity index is 784. The molecular formula is C19H18N2O. The van der Waals surface area contributed by atoms with Crippen molar-refractivity contribution in [3.05, 3.63) is 99.7 Å². The molecular weight excluding hydrogens is 272 g/mol. The van der Waals surface area contributed by atoms with Crippen LogP contribution in [0.5, 0.6) is 0 Å². The summed E-state index contributed by atoms with van der Waals surface area (Å²) in [5.41, 5.74) is 2.87. The van der Waals surface area contributed by atoms with Crippen LogP contribution in [0.15, 0.2) is 71.5 Å². The van der Waals surface area contributed by atoms with Gasteiger partial charge in [-0.2, -0.15) is 0 Å². The lowest BCUT2D eigenvalue weighted by Gasteiger charge is -2.23. The van der Waals surface area contributed by atoms with Crippen LogP contribution in [0.3, 0.4) is 0 Å². The molecule has 3 aromatic rings. The second-order valence-electron chi connectivity index (χ2n) is 5.38. The highest BCUT2D eigenvalue weighted by atomic mass is 16.1. The number of aryl methyl sites for hydroxylation is 2. The molecule has 0 saturated heterocycles. The highest BCUT2D eigenvalue weighted by molar-refractivity contribution is 5.33. The van der Waals surface area contributed by atoms with E-state index >= 15 is 0 Å². The van der Waals surface area contributed by atoms with Gasteiger partial charge in [-0.25, -0.2) is 4.98 Å². The minimum absolute atomic E-state index is 0.0253. The zero-order chi connectivity index (χ0) is 15.5. The zero-order valence-corrected chi connectivity index (χ0v) is 12.7. The molecule has 3 heteroatoms. The minimum Gasteiger partial charge on any atom is -0.285 e. The van der Waals surface area contributed by atoms with E-state index < -0.39 is 0 Å². The maximum Gasteiger partial charge on any atom is 0.254 e. The smallest absolute Gasteiger partial charge is 0.254 e.